The Morgan fingerprint density at radius 2 is 1.70 bits per heavy atom. The fraction of sp³-hybridized carbons (Fsp3) is 0.231. The molecule has 0 unspecified atom stereocenters. The molecule has 0 aliphatic rings. The van der Waals surface area contributed by atoms with E-state index in [1.165, 1.54) is 6.20 Å². The van der Waals surface area contributed by atoms with Gasteiger partial charge in [0.1, 0.15) is 5.69 Å². The molecule has 0 amide bonds. The third kappa shape index (κ3) is 2.71. The summed E-state index contributed by atoms with van der Waals surface area (Å²) in [6.45, 7) is 1.78. The number of halogens is 4. The Hall–Kier alpha value is -2.18. The van der Waals surface area contributed by atoms with Crippen LogP contribution in [0.2, 0.25) is 0 Å². The molecule has 2 aromatic heterocycles. The van der Waals surface area contributed by atoms with Crippen LogP contribution >= 0.6 is 0 Å². The van der Waals surface area contributed by atoms with Crippen molar-refractivity contribution in [3.63, 3.8) is 0 Å². The van der Waals surface area contributed by atoms with Gasteiger partial charge in [-0.2, -0.15) is 22.5 Å². The first kappa shape index (κ1) is 14.2. The van der Waals surface area contributed by atoms with Gasteiger partial charge in [-0.3, -0.25) is 4.98 Å². The molecule has 3 nitrogen and oxygen atoms in total. The van der Waals surface area contributed by atoms with Gasteiger partial charge < -0.3 is 4.90 Å². The first-order valence-electron chi connectivity index (χ1n) is 5.89. The average molecular weight is 285 g/mol. The van der Waals surface area contributed by atoms with Gasteiger partial charge in [0.05, 0.1) is 12.2 Å². The standard InChI is InChI=1S/C13H11F4N3/c1-2-20(7-8-5-3-4-6-18-8)11-9(14)12(16)19-13(17)10(11)15/h3-6H,2,7H2,1H3. The maximum atomic E-state index is 13.7. The lowest BCUT2D eigenvalue weighted by Gasteiger charge is -2.23. The Kier molecular flexibility index (Phi) is 4.16. The Morgan fingerprint density at radius 3 is 2.20 bits per heavy atom. The van der Waals surface area contributed by atoms with E-state index in [9.17, 15) is 17.6 Å². The van der Waals surface area contributed by atoms with E-state index in [1.807, 2.05) is 0 Å². The zero-order valence-corrected chi connectivity index (χ0v) is 10.6. The van der Waals surface area contributed by atoms with Crippen molar-refractivity contribution in [1.29, 1.82) is 0 Å². The van der Waals surface area contributed by atoms with Crippen LogP contribution in [0.3, 0.4) is 0 Å². The van der Waals surface area contributed by atoms with E-state index in [1.54, 1.807) is 25.1 Å². The number of hydrogen-bond acceptors (Lipinski definition) is 3. The minimum atomic E-state index is -1.67. The Labute approximate surface area is 112 Å². The van der Waals surface area contributed by atoms with E-state index in [0.29, 0.717) is 5.69 Å². The van der Waals surface area contributed by atoms with Crippen molar-refractivity contribution in [2.24, 2.45) is 0 Å². The van der Waals surface area contributed by atoms with E-state index in [4.69, 9.17) is 0 Å². The van der Waals surface area contributed by atoms with Crippen molar-refractivity contribution >= 4 is 5.69 Å². The minimum absolute atomic E-state index is 0.0219. The number of pyridine rings is 2. The molecule has 2 aromatic rings. The molecule has 0 saturated carbocycles. The van der Waals surface area contributed by atoms with E-state index < -0.39 is 29.2 Å². The molecule has 0 saturated heterocycles. The van der Waals surface area contributed by atoms with Gasteiger partial charge in [-0.05, 0) is 19.1 Å². The summed E-state index contributed by atoms with van der Waals surface area (Å²) in [4.78, 5) is 7.69. The summed E-state index contributed by atoms with van der Waals surface area (Å²) in [7, 11) is 0. The van der Waals surface area contributed by atoms with Crippen LogP contribution in [-0.2, 0) is 6.54 Å². The Bertz CT molecular complexity index is 578. The summed E-state index contributed by atoms with van der Waals surface area (Å²) in [6, 6.07) is 5.04. The van der Waals surface area contributed by atoms with Crippen LogP contribution in [0, 0.1) is 23.5 Å². The van der Waals surface area contributed by atoms with Gasteiger partial charge >= 0.3 is 0 Å². The minimum Gasteiger partial charge on any atom is -0.361 e. The van der Waals surface area contributed by atoms with E-state index in [0.717, 1.165) is 4.90 Å². The van der Waals surface area contributed by atoms with Crippen molar-refractivity contribution in [1.82, 2.24) is 9.97 Å². The van der Waals surface area contributed by atoms with Crippen LogP contribution in [0.25, 0.3) is 0 Å². The molecule has 7 heteroatoms. The SMILES string of the molecule is CCN(Cc1ccccn1)c1c(F)c(F)nc(F)c1F. The summed E-state index contributed by atoms with van der Waals surface area (Å²) in [5.41, 5.74) is -0.256. The molecule has 0 atom stereocenters. The summed E-state index contributed by atoms with van der Waals surface area (Å²) >= 11 is 0. The van der Waals surface area contributed by atoms with Crippen LogP contribution in [0.5, 0.6) is 0 Å². The van der Waals surface area contributed by atoms with Gasteiger partial charge in [0.15, 0.2) is 0 Å². The van der Waals surface area contributed by atoms with Crippen LogP contribution < -0.4 is 4.90 Å². The second-order valence-electron chi connectivity index (χ2n) is 4.01. The molecule has 0 N–H and O–H groups in total. The number of rotatable bonds is 4. The third-order valence-corrected chi connectivity index (χ3v) is 2.75. The molecule has 0 spiro atoms. The van der Waals surface area contributed by atoms with E-state index in [2.05, 4.69) is 9.97 Å². The summed E-state index contributed by atoms with van der Waals surface area (Å²) in [5, 5.41) is 0. The highest BCUT2D eigenvalue weighted by Gasteiger charge is 2.24. The summed E-state index contributed by atoms with van der Waals surface area (Å²) < 4.78 is 53.6. The number of aromatic nitrogens is 2. The second kappa shape index (κ2) is 5.85. The molecule has 0 radical (unpaired) electrons. The lowest BCUT2D eigenvalue weighted by Crippen LogP contribution is -2.26. The fourth-order valence-corrected chi connectivity index (χ4v) is 1.79. The molecule has 2 rings (SSSR count). The molecule has 0 aromatic carbocycles. The maximum Gasteiger partial charge on any atom is 0.253 e. The van der Waals surface area contributed by atoms with Gasteiger partial charge in [-0.15, -0.1) is 0 Å². The molecule has 2 heterocycles. The number of nitrogens with zero attached hydrogens (tertiary/aromatic N) is 3. The highest BCUT2D eigenvalue weighted by Crippen LogP contribution is 2.27. The Morgan fingerprint density at radius 1 is 1.05 bits per heavy atom. The molecule has 20 heavy (non-hydrogen) atoms. The lowest BCUT2D eigenvalue weighted by molar-refractivity contribution is 0.405. The average Bonchev–Trinajstić information content (AvgIpc) is 2.45. The predicted octanol–water partition coefficient (Wildman–Crippen LogP) is 3.06. The monoisotopic (exact) mass is 285 g/mol. The van der Waals surface area contributed by atoms with E-state index in [-0.39, 0.29) is 13.1 Å². The van der Waals surface area contributed by atoms with Crippen LogP contribution in [0.1, 0.15) is 12.6 Å². The van der Waals surface area contributed by atoms with Crippen molar-refractivity contribution in [3.8, 4) is 0 Å². The lowest BCUT2D eigenvalue weighted by atomic mass is 10.2. The fourth-order valence-electron chi connectivity index (χ4n) is 1.79. The molecule has 0 fully saturated rings. The smallest absolute Gasteiger partial charge is 0.253 e. The summed E-state index contributed by atoms with van der Waals surface area (Å²) in [6.07, 6.45) is 1.52. The molecule has 0 aliphatic heterocycles. The number of anilines is 1. The molecule has 0 bridgehead atoms. The predicted molar refractivity (Wildman–Crippen MR) is 65.0 cm³/mol. The van der Waals surface area contributed by atoms with Crippen molar-refractivity contribution < 1.29 is 17.6 Å². The molecule has 0 aliphatic carbocycles. The van der Waals surface area contributed by atoms with Gasteiger partial charge in [0.2, 0.25) is 11.6 Å². The number of hydrogen-bond donors (Lipinski definition) is 0. The second-order valence-corrected chi connectivity index (χ2v) is 4.01. The zero-order valence-electron chi connectivity index (χ0n) is 10.6. The third-order valence-electron chi connectivity index (χ3n) is 2.75. The van der Waals surface area contributed by atoms with Crippen molar-refractivity contribution in [3.05, 3.63) is 53.6 Å². The topological polar surface area (TPSA) is 29.0 Å². The maximum absolute atomic E-state index is 13.7. The quantitative estimate of drug-likeness (QED) is 0.638. The van der Waals surface area contributed by atoms with Gasteiger partial charge in [0.25, 0.3) is 11.9 Å². The van der Waals surface area contributed by atoms with Crippen LogP contribution in [0.4, 0.5) is 23.2 Å². The molecular formula is C13H11F4N3. The highest BCUT2D eigenvalue weighted by molar-refractivity contribution is 5.48. The van der Waals surface area contributed by atoms with Crippen molar-refractivity contribution in [2.45, 2.75) is 13.5 Å². The van der Waals surface area contributed by atoms with Gasteiger partial charge in [0, 0.05) is 12.7 Å². The first-order valence-corrected chi connectivity index (χ1v) is 5.89. The van der Waals surface area contributed by atoms with E-state index >= 15 is 0 Å². The van der Waals surface area contributed by atoms with Crippen LogP contribution in [-0.4, -0.2) is 16.5 Å². The molecule has 106 valence electrons. The van der Waals surface area contributed by atoms with Gasteiger partial charge in [-0.25, -0.2) is 0 Å². The normalized spacial score (nSPS) is 10.7. The summed E-state index contributed by atoms with van der Waals surface area (Å²) in [5.74, 6) is -6.36. The van der Waals surface area contributed by atoms with Crippen molar-refractivity contribution in [2.75, 3.05) is 11.4 Å². The largest absolute Gasteiger partial charge is 0.361 e. The highest BCUT2D eigenvalue weighted by atomic mass is 19.2. The zero-order chi connectivity index (χ0) is 14.7. The molecular weight excluding hydrogens is 274 g/mol. The first-order chi connectivity index (χ1) is 9.54. The van der Waals surface area contributed by atoms with Gasteiger partial charge in [-0.1, -0.05) is 6.07 Å². The Balaban J connectivity index is 2.42. The van der Waals surface area contributed by atoms with Crippen LogP contribution in [0.15, 0.2) is 24.4 Å².